The zero-order valence-electron chi connectivity index (χ0n) is 11.8. The lowest BCUT2D eigenvalue weighted by Crippen LogP contribution is -2.22. The smallest absolute Gasteiger partial charge is 0.269 e. The van der Waals surface area contributed by atoms with Crippen molar-refractivity contribution in [2.45, 2.75) is 6.42 Å². The van der Waals surface area contributed by atoms with E-state index in [2.05, 4.69) is 20.6 Å². The first kappa shape index (κ1) is 14.5. The molecule has 23 heavy (non-hydrogen) atoms. The molecule has 0 amide bonds. The fraction of sp³-hybridized carbons (Fsp3) is 0.0667. The van der Waals surface area contributed by atoms with Crippen LogP contribution < -0.4 is 0 Å². The number of tetrazole rings is 1. The molecule has 3 rings (SSSR count). The Morgan fingerprint density at radius 1 is 1.04 bits per heavy atom. The second kappa shape index (κ2) is 6.14. The number of benzene rings is 1. The third kappa shape index (κ3) is 2.95. The summed E-state index contributed by atoms with van der Waals surface area (Å²) >= 11 is 0. The standard InChI is InChI=1S/C15H11N5O3/c21-12(13(22)14-16-18-19-17-14)9-11-7-4-8-20(11)15(23)10-5-2-1-3-6-10/h1-8H,9H2,(H,16,17,18,19). The number of aromatic amines is 1. The first-order valence-corrected chi connectivity index (χ1v) is 6.74. The van der Waals surface area contributed by atoms with E-state index in [1.165, 1.54) is 4.57 Å². The van der Waals surface area contributed by atoms with Crippen LogP contribution in [-0.2, 0) is 11.2 Å². The third-order valence-electron chi connectivity index (χ3n) is 3.22. The first-order valence-electron chi connectivity index (χ1n) is 6.74. The minimum Gasteiger partial charge on any atom is -0.290 e. The van der Waals surface area contributed by atoms with Crippen LogP contribution in [0, 0.1) is 0 Å². The number of carbonyl (C=O) groups is 3. The van der Waals surface area contributed by atoms with Crippen LogP contribution in [0.25, 0.3) is 0 Å². The van der Waals surface area contributed by atoms with Gasteiger partial charge in [-0.15, -0.1) is 10.2 Å². The van der Waals surface area contributed by atoms with Gasteiger partial charge >= 0.3 is 0 Å². The van der Waals surface area contributed by atoms with Gasteiger partial charge < -0.3 is 0 Å². The zero-order chi connectivity index (χ0) is 16.2. The Hall–Kier alpha value is -3.42. The van der Waals surface area contributed by atoms with Crippen molar-refractivity contribution >= 4 is 17.5 Å². The molecule has 0 atom stereocenters. The van der Waals surface area contributed by atoms with Crippen LogP contribution in [0.2, 0.25) is 0 Å². The van der Waals surface area contributed by atoms with Crippen LogP contribution in [0.15, 0.2) is 48.7 Å². The first-order chi connectivity index (χ1) is 11.2. The van der Waals surface area contributed by atoms with Gasteiger partial charge in [0.2, 0.25) is 11.6 Å². The normalized spacial score (nSPS) is 10.4. The van der Waals surface area contributed by atoms with Crippen LogP contribution >= 0.6 is 0 Å². The minimum absolute atomic E-state index is 0.223. The monoisotopic (exact) mass is 309 g/mol. The summed E-state index contributed by atoms with van der Waals surface area (Å²) in [5.41, 5.74) is 0.905. The van der Waals surface area contributed by atoms with Gasteiger partial charge in [-0.3, -0.25) is 19.0 Å². The number of H-pyrrole nitrogens is 1. The van der Waals surface area contributed by atoms with Crippen molar-refractivity contribution in [3.63, 3.8) is 0 Å². The fourth-order valence-corrected chi connectivity index (χ4v) is 2.11. The summed E-state index contributed by atoms with van der Waals surface area (Å²) in [4.78, 5) is 36.3. The van der Waals surface area contributed by atoms with Gasteiger partial charge in [0.15, 0.2) is 0 Å². The maximum Gasteiger partial charge on any atom is 0.269 e. The van der Waals surface area contributed by atoms with Crippen molar-refractivity contribution in [3.8, 4) is 0 Å². The highest BCUT2D eigenvalue weighted by Crippen LogP contribution is 2.10. The number of nitrogens with one attached hydrogen (secondary N) is 1. The molecule has 1 aromatic carbocycles. The molecule has 0 spiro atoms. The molecule has 2 heterocycles. The number of carbonyl (C=O) groups excluding carboxylic acids is 3. The molecule has 0 unspecified atom stereocenters. The minimum atomic E-state index is -0.848. The molecule has 3 aromatic rings. The molecule has 8 heteroatoms. The predicted octanol–water partition coefficient (Wildman–Crippen LogP) is 0.684. The summed E-state index contributed by atoms with van der Waals surface area (Å²) in [5.74, 6) is -2.13. The Morgan fingerprint density at radius 3 is 2.52 bits per heavy atom. The van der Waals surface area contributed by atoms with E-state index in [0.717, 1.165) is 0 Å². The largest absolute Gasteiger partial charge is 0.290 e. The average Bonchev–Trinajstić information content (AvgIpc) is 3.26. The van der Waals surface area contributed by atoms with Crippen LogP contribution in [0.4, 0.5) is 0 Å². The van der Waals surface area contributed by atoms with E-state index in [9.17, 15) is 14.4 Å². The Kier molecular flexibility index (Phi) is 3.88. The molecule has 0 aliphatic rings. The Balaban J connectivity index is 1.80. The van der Waals surface area contributed by atoms with Gasteiger partial charge in [0.05, 0.1) is 6.42 Å². The molecule has 1 N–H and O–H groups in total. The summed E-state index contributed by atoms with van der Waals surface area (Å²) in [6, 6.07) is 11.9. The van der Waals surface area contributed by atoms with E-state index in [4.69, 9.17) is 0 Å². The van der Waals surface area contributed by atoms with Crippen molar-refractivity contribution in [1.82, 2.24) is 25.2 Å². The lowest BCUT2D eigenvalue weighted by molar-refractivity contribution is -0.114. The SMILES string of the molecule is O=C(Cc1cccn1C(=O)c1ccccc1)C(=O)c1nn[nH]n1. The maximum absolute atomic E-state index is 12.4. The molecule has 0 fully saturated rings. The Bertz CT molecular complexity index is 852. The van der Waals surface area contributed by atoms with Gasteiger partial charge in [-0.05, 0) is 29.5 Å². The highest BCUT2D eigenvalue weighted by molar-refractivity contribution is 6.43. The van der Waals surface area contributed by atoms with Crippen LogP contribution in [0.1, 0.15) is 26.7 Å². The van der Waals surface area contributed by atoms with E-state index in [1.807, 2.05) is 0 Å². The summed E-state index contributed by atoms with van der Waals surface area (Å²) < 4.78 is 1.34. The van der Waals surface area contributed by atoms with Crippen LogP contribution in [0.5, 0.6) is 0 Å². The number of ketones is 2. The Labute approximate surface area is 130 Å². The number of aromatic nitrogens is 5. The maximum atomic E-state index is 12.4. The number of Topliss-reactive ketones (excluding diaryl/α,β-unsaturated/α-hetero) is 2. The lowest BCUT2D eigenvalue weighted by atomic mass is 10.1. The summed E-state index contributed by atoms with van der Waals surface area (Å²) in [6.07, 6.45) is 1.33. The van der Waals surface area contributed by atoms with E-state index < -0.39 is 11.6 Å². The summed E-state index contributed by atoms with van der Waals surface area (Å²) in [5, 5.41) is 12.3. The number of hydrogen-bond acceptors (Lipinski definition) is 6. The van der Waals surface area contributed by atoms with Crippen molar-refractivity contribution in [3.05, 3.63) is 65.7 Å². The highest BCUT2D eigenvalue weighted by atomic mass is 16.2. The predicted molar refractivity (Wildman–Crippen MR) is 77.8 cm³/mol. The second-order valence-electron chi connectivity index (χ2n) is 4.71. The highest BCUT2D eigenvalue weighted by Gasteiger charge is 2.23. The average molecular weight is 309 g/mol. The number of rotatable bonds is 5. The molecule has 8 nitrogen and oxygen atoms in total. The van der Waals surface area contributed by atoms with Gasteiger partial charge in [0.25, 0.3) is 11.7 Å². The van der Waals surface area contributed by atoms with E-state index in [-0.39, 0.29) is 18.2 Å². The van der Waals surface area contributed by atoms with E-state index >= 15 is 0 Å². The molecule has 0 radical (unpaired) electrons. The van der Waals surface area contributed by atoms with Crippen LogP contribution in [-0.4, -0.2) is 42.7 Å². The molecular weight excluding hydrogens is 298 g/mol. The molecule has 0 aliphatic heterocycles. The van der Waals surface area contributed by atoms with Gasteiger partial charge in [-0.2, -0.15) is 5.21 Å². The van der Waals surface area contributed by atoms with Crippen molar-refractivity contribution < 1.29 is 14.4 Å². The molecule has 0 aliphatic carbocycles. The number of nitrogens with zero attached hydrogens (tertiary/aromatic N) is 4. The van der Waals surface area contributed by atoms with E-state index in [1.54, 1.807) is 48.7 Å². The molecule has 0 saturated carbocycles. The summed E-state index contributed by atoms with van der Waals surface area (Å²) in [7, 11) is 0. The second-order valence-corrected chi connectivity index (χ2v) is 4.71. The molecule has 0 bridgehead atoms. The quantitative estimate of drug-likeness (QED) is 0.548. The fourth-order valence-electron chi connectivity index (χ4n) is 2.11. The summed E-state index contributed by atoms with van der Waals surface area (Å²) in [6.45, 7) is 0. The molecule has 0 saturated heterocycles. The topological polar surface area (TPSA) is 111 Å². The van der Waals surface area contributed by atoms with E-state index in [0.29, 0.717) is 11.3 Å². The van der Waals surface area contributed by atoms with Gasteiger partial charge in [0.1, 0.15) is 0 Å². The van der Waals surface area contributed by atoms with Crippen molar-refractivity contribution in [2.24, 2.45) is 0 Å². The molecular formula is C15H11N5O3. The van der Waals surface area contributed by atoms with Gasteiger partial charge in [0, 0.05) is 17.5 Å². The zero-order valence-corrected chi connectivity index (χ0v) is 11.8. The van der Waals surface area contributed by atoms with Gasteiger partial charge in [-0.25, -0.2) is 0 Å². The lowest BCUT2D eigenvalue weighted by Gasteiger charge is -2.07. The third-order valence-corrected chi connectivity index (χ3v) is 3.22. The van der Waals surface area contributed by atoms with Gasteiger partial charge in [-0.1, -0.05) is 18.2 Å². The van der Waals surface area contributed by atoms with Crippen LogP contribution in [0.3, 0.4) is 0 Å². The van der Waals surface area contributed by atoms with Crippen molar-refractivity contribution in [2.75, 3.05) is 0 Å². The number of hydrogen-bond donors (Lipinski definition) is 1. The Morgan fingerprint density at radius 2 is 1.83 bits per heavy atom. The molecule has 114 valence electrons. The van der Waals surface area contributed by atoms with Crippen molar-refractivity contribution in [1.29, 1.82) is 0 Å². The molecule has 2 aromatic heterocycles.